The van der Waals surface area contributed by atoms with Gasteiger partial charge in [0.05, 0.1) is 5.69 Å². The van der Waals surface area contributed by atoms with E-state index in [1.807, 2.05) is 31.2 Å². The van der Waals surface area contributed by atoms with E-state index in [0.29, 0.717) is 5.75 Å². The van der Waals surface area contributed by atoms with Crippen LogP contribution in [-0.4, -0.2) is 20.1 Å². The quantitative estimate of drug-likeness (QED) is 0.445. The van der Waals surface area contributed by atoms with Crippen LogP contribution in [0.15, 0.2) is 24.3 Å². The Morgan fingerprint density at radius 3 is 2.36 bits per heavy atom. The molecule has 76 valence electrons. The van der Waals surface area contributed by atoms with Crippen molar-refractivity contribution >= 4 is 11.7 Å². The summed E-state index contributed by atoms with van der Waals surface area (Å²) in [7, 11) is 3.74. The van der Waals surface area contributed by atoms with Gasteiger partial charge in [-0.25, -0.2) is 5.43 Å². The minimum Gasteiger partial charge on any atom is -0.427 e. The number of nitrogens with zero attached hydrogens (tertiary/aromatic N) is 1. The van der Waals surface area contributed by atoms with E-state index in [1.54, 1.807) is 12.1 Å². The van der Waals surface area contributed by atoms with Crippen LogP contribution in [0, 0.1) is 0 Å². The van der Waals surface area contributed by atoms with Crippen LogP contribution in [0.2, 0.25) is 0 Å². The molecule has 1 N–H and O–H groups in total. The fourth-order valence-electron chi connectivity index (χ4n) is 1.03. The number of anilines is 1. The van der Waals surface area contributed by atoms with Gasteiger partial charge >= 0.3 is 5.97 Å². The van der Waals surface area contributed by atoms with Crippen molar-refractivity contribution in [3.8, 4) is 5.75 Å². The molecule has 0 fully saturated rings. The summed E-state index contributed by atoms with van der Waals surface area (Å²) in [5.74, 6) is 0.255. The van der Waals surface area contributed by atoms with Crippen LogP contribution in [0.5, 0.6) is 5.75 Å². The predicted octanol–water partition coefficient (Wildman–Crippen LogP) is 1.18. The highest BCUT2D eigenvalue weighted by Crippen LogP contribution is 2.17. The van der Waals surface area contributed by atoms with E-state index in [4.69, 9.17) is 4.74 Å². The number of hydrogen-bond acceptors (Lipinski definition) is 4. The first-order valence-electron chi connectivity index (χ1n) is 4.33. The van der Waals surface area contributed by atoms with E-state index in [2.05, 4.69) is 5.43 Å². The van der Waals surface area contributed by atoms with Crippen LogP contribution >= 0.6 is 0 Å². The fourth-order valence-corrected chi connectivity index (χ4v) is 1.03. The average Bonchev–Trinajstić information content (AvgIpc) is 2.17. The molecule has 0 aliphatic heterocycles. The first kappa shape index (κ1) is 10.5. The van der Waals surface area contributed by atoms with Crippen molar-refractivity contribution < 1.29 is 9.53 Å². The number of rotatable bonds is 3. The highest BCUT2D eigenvalue weighted by atomic mass is 16.5. The van der Waals surface area contributed by atoms with Crippen molar-refractivity contribution in [3.63, 3.8) is 0 Å². The average molecular weight is 194 g/mol. The second-order valence-electron chi connectivity index (χ2n) is 2.87. The Balaban J connectivity index is 2.73. The van der Waals surface area contributed by atoms with Crippen LogP contribution in [0.25, 0.3) is 0 Å². The highest BCUT2D eigenvalue weighted by Gasteiger charge is 2.00. The third-order valence-electron chi connectivity index (χ3n) is 1.82. The van der Waals surface area contributed by atoms with Crippen molar-refractivity contribution in [1.82, 2.24) is 5.43 Å². The molecule has 4 nitrogen and oxygen atoms in total. The van der Waals surface area contributed by atoms with Gasteiger partial charge in [-0.05, 0) is 24.3 Å². The van der Waals surface area contributed by atoms with Gasteiger partial charge in [-0.15, -0.1) is 0 Å². The maximum Gasteiger partial charge on any atom is 0.308 e. The van der Waals surface area contributed by atoms with Gasteiger partial charge in [-0.3, -0.25) is 4.79 Å². The molecule has 0 atom stereocenters. The first-order chi connectivity index (χ1) is 6.63. The summed E-state index contributed by atoms with van der Waals surface area (Å²) in [6.07, 6.45) is 0. The number of carbonyl (C=O) groups is 1. The Hall–Kier alpha value is -1.55. The molecule has 1 aromatic rings. The number of nitrogens with one attached hydrogen (secondary N) is 1. The number of hydrogen-bond donors (Lipinski definition) is 1. The van der Waals surface area contributed by atoms with Gasteiger partial charge < -0.3 is 9.75 Å². The van der Waals surface area contributed by atoms with E-state index < -0.39 is 0 Å². The maximum absolute atomic E-state index is 10.6. The summed E-state index contributed by atoms with van der Waals surface area (Å²) in [5, 5.41) is 1.86. The van der Waals surface area contributed by atoms with Gasteiger partial charge in [0.25, 0.3) is 0 Å². The van der Waals surface area contributed by atoms with E-state index in [9.17, 15) is 4.79 Å². The molecule has 1 rings (SSSR count). The first-order valence-corrected chi connectivity index (χ1v) is 4.33. The van der Waals surface area contributed by atoms with Gasteiger partial charge in [0.2, 0.25) is 0 Å². The van der Waals surface area contributed by atoms with Gasteiger partial charge in [-0.1, -0.05) is 0 Å². The standard InChI is InChI=1S/C10H14N2O2/c1-8(13)14-10-6-4-9(5-7-10)12(3)11-2/h4-7,11H,1-3H3. The van der Waals surface area contributed by atoms with E-state index in [-0.39, 0.29) is 5.97 Å². The lowest BCUT2D eigenvalue weighted by atomic mass is 10.3. The summed E-state index contributed by atoms with van der Waals surface area (Å²) in [6, 6.07) is 7.25. The minimum atomic E-state index is -0.306. The van der Waals surface area contributed by atoms with E-state index in [1.165, 1.54) is 6.92 Å². The lowest BCUT2D eigenvalue weighted by Crippen LogP contribution is -2.30. The molecule has 0 radical (unpaired) electrons. The van der Waals surface area contributed by atoms with E-state index >= 15 is 0 Å². The minimum absolute atomic E-state index is 0.306. The molecule has 0 bridgehead atoms. The topological polar surface area (TPSA) is 41.6 Å². The molecule has 4 heteroatoms. The Morgan fingerprint density at radius 2 is 1.93 bits per heavy atom. The van der Waals surface area contributed by atoms with Crippen LogP contribution in [-0.2, 0) is 4.79 Å². The third kappa shape index (κ3) is 2.74. The summed E-state index contributed by atoms with van der Waals surface area (Å²) in [6.45, 7) is 1.38. The Morgan fingerprint density at radius 1 is 1.36 bits per heavy atom. The summed E-state index contributed by atoms with van der Waals surface area (Å²) in [4.78, 5) is 10.6. The van der Waals surface area contributed by atoms with Crippen LogP contribution in [0.3, 0.4) is 0 Å². The zero-order valence-corrected chi connectivity index (χ0v) is 8.57. The monoisotopic (exact) mass is 194 g/mol. The molecule has 0 aromatic heterocycles. The van der Waals surface area contributed by atoms with Crippen LogP contribution < -0.4 is 15.2 Å². The van der Waals surface area contributed by atoms with Crippen molar-refractivity contribution in [1.29, 1.82) is 0 Å². The molecule has 0 amide bonds. The molecule has 0 spiro atoms. The molecule has 0 saturated carbocycles. The summed E-state index contributed by atoms with van der Waals surface area (Å²) < 4.78 is 4.90. The zero-order valence-electron chi connectivity index (χ0n) is 8.57. The van der Waals surface area contributed by atoms with Crippen LogP contribution in [0.1, 0.15) is 6.92 Å². The lowest BCUT2D eigenvalue weighted by molar-refractivity contribution is -0.131. The molecular weight excluding hydrogens is 180 g/mol. The van der Waals surface area contributed by atoms with Gasteiger partial charge in [0.1, 0.15) is 5.75 Å². The zero-order chi connectivity index (χ0) is 10.6. The number of esters is 1. The largest absolute Gasteiger partial charge is 0.427 e. The number of hydrazine groups is 1. The summed E-state index contributed by atoms with van der Waals surface area (Å²) in [5.41, 5.74) is 3.97. The van der Waals surface area contributed by atoms with Gasteiger partial charge in [0.15, 0.2) is 0 Å². The fraction of sp³-hybridized carbons (Fsp3) is 0.300. The second kappa shape index (κ2) is 4.62. The number of ether oxygens (including phenoxy) is 1. The molecule has 0 heterocycles. The van der Waals surface area contributed by atoms with Gasteiger partial charge in [0, 0.05) is 21.0 Å². The normalized spacial score (nSPS) is 9.64. The number of carbonyl (C=O) groups excluding carboxylic acids is 1. The number of benzene rings is 1. The molecule has 0 aliphatic rings. The molecule has 1 aromatic carbocycles. The van der Waals surface area contributed by atoms with Crippen molar-refractivity contribution in [2.75, 3.05) is 19.1 Å². The van der Waals surface area contributed by atoms with E-state index in [0.717, 1.165) is 5.69 Å². The van der Waals surface area contributed by atoms with Crippen LogP contribution in [0.4, 0.5) is 5.69 Å². The lowest BCUT2D eigenvalue weighted by Gasteiger charge is -2.17. The van der Waals surface area contributed by atoms with Crippen molar-refractivity contribution in [2.24, 2.45) is 0 Å². The third-order valence-corrected chi connectivity index (χ3v) is 1.82. The molecule has 14 heavy (non-hydrogen) atoms. The Labute approximate surface area is 83.4 Å². The van der Waals surface area contributed by atoms with Gasteiger partial charge in [-0.2, -0.15) is 0 Å². The Kier molecular flexibility index (Phi) is 3.48. The Bertz CT molecular complexity index is 308. The predicted molar refractivity (Wildman–Crippen MR) is 55.2 cm³/mol. The molecular formula is C10H14N2O2. The second-order valence-corrected chi connectivity index (χ2v) is 2.87. The molecule has 0 unspecified atom stereocenters. The molecule has 0 aliphatic carbocycles. The van der Waals surface area contributed by atoms with Crippen molar-refractivity contribution in [3.05, 3.63) is 24.3 Å². The summed E-state index contributed by atoms with van der Waals surface area (Å²) >= 11 is 0. The SMILES string of the molecule is CNN(C)c1ccc(OC(C)=O)cc1. The van der Waals surface area contributed by atoms with Crippen molar-refractivity contribution in [2.45, 2.75) is 6.92 Å². The highest BCUT2D eigenvalue weighted by molar-refractivity contribution is 5.69. The maximum atomic E-state index is 10.6. The smallest absolute Gasteiger partial charge is 0.308 e. The molecule has 0 saturated heterocycles.